The summed E-state index contributed by atoms with van der Waals surface area (Å²) in [5, 5.41) is 2.58. The molecule has 0 radical (unpaired) electrons. The van der Waals surface area contributed by atoms with E-state index in [0.717, 1.165) is 0 Å². The highest BCUT2D eigenvalue weighted by Crippen LogP contribution is 2.34. The van der Waals surface area contributed by atoms with E-state index in [-0.39, 0.29) is 0 Å². The molecule has 144 valence electrons. The molecule has 0 N–H and O–H groups in total. The van der Waals surface area contributed by atoms with Crippen molar-refractivity contribution in [3.63, 3.8) is 0 Å². The number of rotatable bonds is 4. The fraction of sp³-hybridized carbons (Fsp3) is 0.185. The Balaban J connectivity index is 0.000000878. The second-order valence-corrected chi connectivity index (χ2v) is 8.57. The van der Waals surface area contributed by atoms with E-state index in [9.17, 15) is 0 Å². The Hall–Kier alpha value is -2.43. The maximum atomic E-state index is 4.33. The molecule has 1 heteroatoms. The summed E-state index contributed by atoms with van der Waals surface area (Å²) in [6.07, 6.45) is 1.75. The minimum absolute atomic E-state index is 0.615. The third-order valence-electron chi connectivity index (χ3n) is 4.67. The molecule has 0 fully saturated rings. The zero-order chi connectivity index (χ0) is 20.7. The number of allylic oxidation sites excluding steroid dienone is 1. The molecule has 0 saturated heterocycles. The predicted octanol–water partition coefficient (Wildman–Crippen LogP) is 7.75. The van der Waals surface area contributed by atoms with E-state index in [2.05, 4.69) is 102 Å². The summed E-state index contributed by atoms with van der Waals surface area (Å²) < 4.78 is 0. The zero-order valence-corrected chi connectivity index (χ0v) is 18.8. The average Bonchev–Trinajstić information content (AvgIpc) is 2.65. The fourth-order valence-electron chi connectivity index (χ4n) is 3.30. The molecule has 0 bridgehead atoms. The molecule has 0 amide bonds. The lowest BCUT2D eigenvalue weighted by molar-refractivity contribution is 1.38. The lowest BCUT2D eigenvalue weighted by atomic mass is 9.95. The van der Waals surface area contributed by atoms with E-state index in [1.54, 1.807) is 6.08 Å². The van der Waals surface area contributed by atoms with E-state index in [4.69, 9.17) is 0 Å². The molecule has 3 rings (SSSR count). The molecule has 0 heterocycles. The van der Waals surface area contributed by atoms with Crippen molar-refractivity contribution in [2.75, 3.05) is 0 Å². The number of benzene rings is 3. The minimum atomic E-state index is 0.615. The summed E-state index contributed by atoms with van der Waals surface area (Å²) in [4.78, 5) is 0. The summed E-state index contributed by atoms with van der Waals surface area (Å²) in [6, 6.07) is 22.0. The van der Waals surface area contributed by atoms with E-state index in [0.29, 0.717) is 8.58 Å². The fourth-order valence-corrected chi connectivity index (χ4v) is 4.37. The van der Waals surface area contributed by atoms with Crippen molar-refractivity contribution in [1.82, 2.24) is 0 Å². The van der Waals surface area contributed by atoms with Crippen LogP contribution in [-0.2, 0) is 0 Å². The smallest absolute Gasteiger partial charge is 0.0125 e. The summed E-state index contributed by atoms with van der Waals surface area (Å²) in [6.45, 7) is 18.3. The van der Waals surface area contributed by atoms with Gasteiger partial charge in [0.15, 0.2) is 0 Å². The Labute approximate surface area is 172 Å². The van der Waals surface area contributed by atoms with Gasteiger partial charge >= 0.3 is 0 Å². The summed E-state index contributed by atoms with van der Waals surface area (Å²) in [5.74, 6) is 0. The highest BCUT2D eigenvalue weighted by Gasteiger charge is 2.07. The normalized spacial score (nSPS) is 10.5. The van der Waals surface area contributed by atoms with E-state index in [1.807, 2.05) is 6.92 Å². The van der Waals surface area contributed by atoms with Crippen molar-refractivity contribution in [2.24, 2.45) is 0 Å². The van der Waals surface area contributed by atoms with Crippen molar-refractivity contribution in [3.8, 4) is 11.1 Å². The quantitative estimate of drug-likeness (QED) is 0.317. The molecule has 1 atom stereocenters. The molecular weight excluding hydrogens is 355 g/mol. The van der Waals surface area contributed by atoms with Crippen LogP contribution in [-0.4, -0.2) is 0 Å². The maximum Gasteiger partial charge on any atom is -0.0125 e. The van der Waals surface area contributed by atoms with Gasteiger partial charge in [0.1, 0.15) is 0 Å². The van der Waals surface area contributed by atoms with Crippen LogP contribution in [0, 0.1) is 27.7 Å². The van der Waals surface area contributed by atoms with E-state index >= 15 is 0 Å². The monoisotopic (exact) mass is 386 g/mol. The van der Waals surface area contributed by atoms with Crippen LogP contribution >= 0.6 is 8.58 Å². The van der Waals surface area contributed by atoms with E-state index < -0.39 is 0 Å². The van der Waals surface area contributed by atoms with Gasteiger partial charge in [0.2, 0.25) is 0 Å². The molecule has 0 aliphatic rings. The van der Waals surface area contributed by atoms with Crippen molar-refractivity contribution in [3.05, 3.63) is 108 Å². The van der Waals surface area contributed by atoms with Gasteiger partial charge in [0.05, 0.1) is 0 Å². The Bertz CT molecular complexity index is 942. The molecule has 3 aromatic rings. The lowest BCUT2D eigenvalue weighted by Crippen LogP contribution is -2.00. The topological polar surface area (TPSA) is 0 Å². The van der Waals surface area contributed by atoms with Crippen molar-refractivity contribution >= 4 is 19.2 Å². The minimum Gasteiger partial charge on any atom is -0.103 e. The summed E-state index contributed by atoms with van der Waals surface area (Å²) in [7, 11) is 0.615. The molecule has 0 nitrogen and oxygen atoms in total. The highest BCUT2D eigenvalue weighted by atomic mass is 31.1. The van der Waals surface area contributed by atoms with Crippen LogP contribution in [0.1, 0.15) is 34.7 Å². The molecular formula is C27H31P. The first-order valence-electron chi connectivity index (χ1n) is 9.64. The van der Waals surface area contributed by atoms with Gasteiger partial charge in [-0.1, -0.05) is 87.5 Å². The molecule has 1 unspecified atom stereocenters. The van der Waals surface area contributed by atoms with Crippen LogP contribution in [0.3, 0.4) is 0 Å². The van der Waals surface area contributed by atoms with Gasteiger partial charge in [0.25, 0.3) is 0 Å². The van der Waals surface area contributed by atoms with E-state index in [1.165, 1.54) is 49.6 Å². The van der Waals surface area contributed by atoms with Crippen LogP contribution in [0.4, 0.5) is 0 Å². The number of hydrogen-bond acceptors (Lipinski definition) is 0. The standard InChI is InChI=1S/C24H25P.C3H6/c1-16-9-14-23(19(4)15-16)25-20(5)21-10-12-22(13-11-21)24-17(2)7-6-8-18(24)3;1-3-2/h6-15,25H,5H2,1-4H3;3H,1H2,2H3. The number of aryl methyl sites for hydroxylation is 4. The van der Waals surface area contributed by atoms with Crippen LogP contribution < -0.4 is 5.30 Å². The SMILES string of the molecule is C=C(Pc1ccc(C)cc1C)c1ccc(-c2c(C)cccc2C)cc1.C=CC. The third-order valence-corrected chi connectivity index (χ3v) is 6.09. The van der Waals surface area contributed by atoms with Gasteiger partial charge in [0, 0.05) is 0 Å². The van der Waals surface area contributed by atoms with Gasteiger partial charge in [-0.3, -0.25) is 0 Å². The summed E-state index contributed by atoms with van der Waals surface area (Å²) in [5.41, 5.74) is 9.17. The molecule has 0 aliphatic heterocycles. The molecule has 3 aromatic carbocycles. The van der Waals surface area contributed by atoms with Crippen molar-refractivity contribution in [1.29, 1.82) is 0 Å². The predicted molar refractivity (Wildman–Crippen MR) is 130 cm³/mol. The first-order chi connectivity index (χ1) is 13.4. The van der Waals surface area contributed by atoms with Gasteiger partial charge in [-0.2, -0.15) is 0 Å². The molecule has 0 aromatic heterocycles. The van der Waals surface area contributed by atoms with Crippen LogP contribution in [0.5, 0.6) is 0 Å². The van der Waals surface area contributed by atoms with Gasteiger partial charge in [-0.15, -0.1) is 6.58 Å². The maximum absolute atomic E-state index is 4.33. The molecule has 0 saturated carbocycles. The molecule has 0 spiro atoms. The Morgan fingerprint density at radius 1 is 0.821 bits per heavy atom. The Morgan fingerprint density at radius 2 is 1.39 bits per heavy atom. The zero-order valence-electron chi connectivity index (χ0n) is 17.8. The third kappa shape index (κ3) is 5.54. The molecule has 28 heavy (non-hydrogen) atoms. The first-order valence-corrected chi connectivity index (χ1v) is 10.6. The van der Waals surface area contributed by atoms with Gasteiger partial charge in [-0.25, -0.2) is 0 Å². The van der Waals surface area contributed by atoms with Crippen LogP contribution in [0.2, 0.25) is 0 Å². The van der Waals surface area contributed by atoms with Gasteiger partial charge in [-0.05, 0) is 78.6 Å². The Kier molecular flexibility index (Phi) is 7.97. The summed E-state index contributed by atoms with van der Waals surface area (Å²) >= 11 is 0. The lowest BCUT2D eigenvalue weighted by Gasteiger charge is -2.13. The van der Waals surface area contributed by atoms with Crippen molar-refractivity contribution < 1.29 is 0 Å². The van der Waals surface area contributed by atoms with Crippen LogP contribution in [0.25, 0.3) is 16.4 Å². The average molecular weight is 387 g/mol. The van der Waals surface area contributed by atoms with Crippen LogP contribution in [0.15, 0.2) is 79.9 Å². The van der Waals surface area contributed by atoms with Gasteiger partial charge < -0.3 is 0 Å². The second-order valence-electron chi connectivity index (χ2n) is 7.17. The van der Waals surface area contributed by atoms with Crippen molar-refractivity contribution in [2.45, 2.75) is 34.6 Å². The Morgan fingerprint density at radius 3 is 1.93 bits per heavy atom. The molecule has 0 aliphatic carbocycles. The second kappa shape index (κ2) is 10.2. The highest BCUT2D eigenvalue weighted by molar-refractivity contribution is 7.58. The number of hydrogen-bond donors (Lipinski definition) is 0. The largest absolute Gasteiger partial charge is 0.103 e. The first kappa shape index (κ1) is 21.9.